The van der Waals surface area contributed by atoms with Crippen LogP contribution in [0, 0.1) is 5.92 Å². The molecular formula is C20H31IN4. The number of nitrogens with one attached hydrogen (secondary N) is 2. The van der Waals surface area contributed by atoms with Crippen molar-refractivity contribution in [2.75, 3.05) is 25.0 Å². The van der Waals surface area contributed by atoms with Gasteiger partial charge in [-0.15, -0.1) is 24.0 Å². The van der Waals surface area contributed by atoms with E-state index < -0.39 is 0 Å². The second kappa shape index (κ2) is 10.0. The van der Waals surface area contributed by atoms with Crippen LogP contribution in [0.25, 0.3) is 0 Å². The first-order valence-corrected chi connectivity index (χ1v) is 9.20. The highest BCUT2D eigenvalue weighted by molar-refractivity contribution is 14.0. The number of rotatable bonds is 4. The van der Waals surface area contributed by atoms with Crippen molar-refractivity contribution >= 4 is 35.6 Å². The van der Waals surface area contributed by atoms with Gasteiger partial charge in [-0.25, -0.2) is 0 Å². The summed E-state index contributed by atoms with van der Waals surface area (Å²) >= 11 is 0. The standard InChI is InChI=1S/C20H30N4.HI/c1-16-8-10-18(11-9-16)23-20(21-2)22-15-17-6-5-7-19(14-17)24-12-3-4-13-24;/h3-7,14,16,18H,8-13,15H2,1-2H3,(H2,21,22,23);1H. The number of anilines is 1. The molecular weight excluding hydrogens is 423 g/mol. The summed E-state index contributed by atoms with van der Waals surface area (Å²) in [5, 5.41) is 7.05. The molecule has 3 rings (SSSR count). The Hall–Kier alpha value is -1.24. The number of hydrogen-bond donors (Lipinski definition) is 2. The van der Waals surface area contributed by atoms with Gasteiger partial charge in [0, 0.05) is 38.4 Å². The average molecular weight is 454 g/mol. The van der Waals surface area contributed by atoms with Gasteiger partial charge < -0.3 is 15.5 Å². The van der Waals surface area contributed by atoms with Crippen molar-refractivity contribution in [2.24, 2.45) is 10.9 Å². The molecule has 2 aliphatic rings. The van der Waals surface area contributed by atoms with Gasteiger partial charge in [0.15, 0.2) is 5.96 Å². The molecule has 0 radical (unpaired) electrons. The number of guanidine groups is 1. The predicted octanol–water partition coefficient (Wildman–Crippen LogP) is 3.92. The summed E-state index contributed by atoms with van der Waals surface area (Å²) in [6.07, 6.45) is 9.59. The van der Waals surface area contributed by atoms with E-state index in [9.17, 15) is 0 Å². The van der Waals surface area contributed by atoms with E-state index in [1.54, 1.807) is 0 Å². The Morgan fingerprint density at radius 1 is 1.16 bits per heavy atom. The minimum Gasteiger partial charge on any atom is -0.364 e. The molecule has 0 bridgehead atoms. The van der Waals surface area contributed by atoms with Crippen molar-refractivity contribution in [3.63, 3.8) is 0 Å². The first-order chi connectivity index (χ1) is 11.7. The van der Waals surface area contributed by atoms with Crippen molar-refractivity contribution in [3.05, 3.63) is 42.0 Å². The van der Waals surface area contributed by atoms with Crippen LogP contribution in [0.15, 0.2) is 41.4 Å². The van der Waals surface area contributed by atoms with E-state index in [-0.39, 0.29) is 24.0 Å². The van der Waals surface area contributed by atoms with E-state index >= 15 is 0 Å². The monoisotopic (exact) mass is 454 g/mol. The maximum Gasteiger partial charge on any atom is 0.191 e. The van der Waals surface area contributed by atoms with Crippen LogP contribution < -0.4 is 15.5 Å². The molecule has 138 valence electrons. The molecule has 1 aliphatic heterocycles. The molecule has 1 aromatic rings. The molecule has 0 unspecified atom stereocenters. The molecule has 2 N–H and O–H groups in total. The lowest BCUT2D eigenvalue weighted by Gasteiger charge is -2.28. The Bertz CT molecular complexity index is 583. The van der Waals surface area contributed by atoms with Crippen LogP contribution in [0.1, 0.15) is 38.2 Å². The Labute approximate surface area is 169 Å². The SMILES string of the molecule is CN=C(NCc1cccc(N2CC=CC2)c1)NC1CCC(C)CC1.I. The number of nitrogens with zero attached hydrogens (tertiary/aromatic N) is 2. The highest BCUT2D eigenvalue weighted by Crippen LogP contribution is 2.23. The Balaban J connectivity index is 0.00000225. The van der Waals surface area contributed by atoms with Gasteiger partial charge in [-0.1, -0.05) is 31.2 Å². The maximum atomic E-state index is 4.39. The first-order valence-electron chi connectivity index (χ1n) is 9.20. The van der Waals surface area contributed by atoms with Gasteiger partial charge in [-0.2, -0.15) is 0 Å². The molecule has 0 atom stereocenters. The van der Waals surface area contributed by atoms with E-state index in [4.69, 9.17) is 0 Å². The summed E-state index contributed by atoms with van der Waals surface area (Å²) in [6.45, 7) is 5.19. The molecule has 1 aromatic carbocycles. The van der Waals surface area contributed by atoms with Crippen molar-refractivity contribution in [1.82, 2.24) is 10.6 Å². The normalized spacial score (nSPS) is 23.3. The molecule has 0 spiro atoms. The van der Waals surface area contributed by atoms with Crippen LogP contribution in [-0.2, 0) is 6.54 Å². The summed E-state index contributed by atoms with van der Waals surface area (Å²) in [7, 11) is 1.85. The second-order valence-electron chi connectivity index (χ2n) is 7.07. The number of halogens is 1. The van der Waals surface area contributed by atoms with Crippen LogP contribution in [0.5, 0.6) is 0 Å². The number of benzene rings is 1. The number of hydrogen-bond acceptors (Lipinski definition) is 2. The van der Waals surface area contributed by atoms with Gasteiger partial charge in [0.25, 0.3) is 0 Å². The lowest BCUT2D eigenvalue weighted by Crippen LogP contribution is -2.44. The van der Waals surface area contributed by atoms with Crippen molar-refractivity contribution in [2.45, 2.75) is 45.2 Å². The molecule has 25 heavy (non-hydrogen) atoms. The van der Waals surface area contributed by atoms with E-state index in [2.05, 4.69) is 63.9 Å². The van der Waals surface area contributed by atoms with E-state index in [0.717, 1.165) is 31.5 Å². The maximum absolute atomic E-state index is 4.39. The van der Waals surface area contributed by atoms with Crippen LogP contribution in [0.3, 0.4) is 0 Å². The van der Waals surface area contributed by atoms with Crippen molar-refractivity contribution in [1.29, 1.82) is 0 Å². The van der Waals surface area contributed by atoms with E-state index in [1.165, 1.54) is 36.9 Å². The summed E-state index contributed by atoms with van der Waals surface area (Å²) in [5.74, 6) is 1.80. The van der Waals surface area contributed by atoms with Crippen molar-refractivity contribution in [3.8, 4) is 0 Å². The van der Waals surface area contributed by atoms with Gasteiger partial charge in [0.05, 0.1) is 0 Å². The quantitative estimate of drug-likeness (QED) is 0.314. The topological polar surface area (TPSA) is 39.7 Å². The van der Waals surface area contributed by atoms with Gasteiger partial charge in [0.1, 0.15) is 0 Å². The third-order valence-electron chi connectivity index (χ3n) is 5.13. The molecule has 5 heteroatoms. The molecule has 0 amide bonds. The highest BCUT2D eigenvalue weighted by Gasteiger charge is 2.18. The fourth-order valence-electron chi connectivity index (χ4n) is 3.53. The molecule has 1 heterocycles. The predicted molar refractivity (Wildman–Crippen MR) is 118 cm³/mol. The summed E-state index contributed by atoms with van der Waals surface area (Å²) in [4.78, 5) is 6.76. The Morgan fingerprint density at radius 2 is 1.88 bits per heavy atom. The molecule has 4 nitrogen and oxygen atoms in total. The summed E-state index contributed by atoms with van der Waals surface area (Å²) in [5.41, 5.74) is 2.59. The largest absolute Gasteiger partial charge is 0.364 e. The third kappa shape index (κ3) is 5.90. The minimum atomic E-state index is 0. The van der Waals surface area contributed by atoms with Crippen molar-refractivity contribution < 1.29 is 0 Å². The minimum absolute atomic E-state index is 0. The lowest BCUT2D eigenvalue weighted by molar-refractivity contribution is 0.329. The third-order valence-corrected chi connectivity index (χ3v) is 5.13. The van der Waals surface area contributed by atoms with Gasteiger partial charge in [-0.3, -0.25) is 4.99 Å². The zero-order valence-electron chi connectivity index (χ0n) is 15.4. The molecule has 1 fully saturated rings. The fraction of sp³-hybridized carbons (Fsp3) is 0.550. The van der Waals surface area contributed by atoms with E-state index in [1.807, 2.05) is 7.05 Å². The van der Waals surface area contributed by atoms with Crippen LogP contribution in [-0.4, -0.2) is 32.1 Å². The van der Waals surface area contributed by atoms with Gasteiger partial charge in [0.2, 0.25) is 0 Å². The van der Waals surface area contributed by atoms with Crippen LogP contribution in [0.4, 0.5) is 5.69 Å². The lowest BCUT2D eigenvalue weighted by atomic mass is 9.87. The second-order valence-corrected chi connectivity index (χ2v) is 7.07. The van der Waals surface area contributed by atoms with Gasteiger partial charge in [-0.05, 0) is 49.3 Å². The molecule has 0 aromatic heterocycles. The first kappa shape index (κ1) is 20.1. The van der Waals surface area contributed by atoms with Gasteiger partial charge >= 0.3 is 0 Å². The molecule has 0 saturated heterocycles. The summed E-state index contributed by atoms with van der Waals surface area (Å²) in [6, 6.07) is 9.34. The smallest absolute Gasteiger partial charge is 0.191 e. The zero-order valence-corrected chi connectivity index (χ0v) is 17.7. The van der Waals surface area contributed by atoms with E-state index in [0.29, 0.717) is 6.04 Å². The molecule has 1 saturated carbocycles. The molecule has 1 aliphatic carbocycles. The highest BCUT2D eigenvalue weighted by atomic mass is 127. The Morgan fingerprint density at radius 3 is 2.56 bits per heavy atom. The Kier molecular flexibility index (Phi) is 8.06. The number of aliphatic imine (C=N–C) groups is 1. The van der Waals surface area contributed by atoms with Crippen LogP contribution in [0.2, 0.25) is 0 Å². The van der Waals surface area contributed by atoms with Crippen LogP contribution >= 0.6 is 24.0 Å². The fourth-order valence-corrected chi connectivity index (χ4v) is 3.53. The zero-order chi connectivity index (χ0) is 16.8. The summed E-state index contributed by atoms with van der Waals surface area (Å²) < 4.78 is 0. The average Bonchev–Trinajstić information content (AvgIpc) is 3.15.